The average Bonchev–Trinajstić information content (AvgIpc) is 3.09. The van der Waals surface area contributed by atoms with Crippen LogP contribution in [-0.2, 0) is 9.53 Å². The van der Waals surface area contributed by atoms with Crippen molar-refractivity contribution >= 4 is 5.97 Å². The number of esters is 1. The summed E-state index contributed by atoms with van der Waals surface area (Å²) in [5, 5.41) is 0. The molecule has 0 N–H and O–H groups in total. The van der Waals surface area contributed by atoms with Crippen molar-refractivity contribution in [1.82, 2.24) is 0 Å². The van der Waals surface area contributed by atoms with Gasteiger partial charge in [0.15, 0.2) is 0 Å². The molecule has 0 bridgehead atoms. The normalized spacial score (nSPS) is 37.5. The standard InChI is InChI=1S/C29H45FO2/c1-18(2)7-6-8-19(3)27-11-12-28-26-15-21(17-30)25-16-22(32-20(4)31)9-10-23(25)24(26)13-14-29(27,28)5/h11,18-19,21-22,24,26,28H,6-10,12-17H2,1-5H3/t19-,21?,22+,24-,26-,28+,29-/m1/s1. The lowest BCUT2D eigenvalue weighted by Crippen LogP contribution is -2.46. The fourth-order valence-corrected chi connectivity index (χ4v) is 8.17. The fourth-order valence-electron chi connectivity index (χ4n) is 8.17. The zero-order chi connectivity index (χ0) is 23.0. The summed E-state index contributed by atoms with van der Waals surface area (Å²) in [5.74, 6) is 3.23. The van der Waals surface area contributed by atoms with Gasteiger partial charge < -0.3 is 4.74 Å². The predicted molar refractivity (Wildman–Crippen MR) is 129 cm³/mol. The highest BCUT2D eigenvalue weighted by molar-refractivity contribution is 5.66. The zero-order valence-corrected chi connectivity index (χ0v) is 21.1. The maximum atomic E-state index is 14.3. The minimum atomic E-state index is -0.260. The average molecular weight is 445 g/mol. The second-order valence-electron chi connectivity index (χ2n) is 12.1. The van der Waals surface area contributed by atoms with E-state index in [9.17, 15) is 9.18 Å². The van der Waals surface area contributed by atoms with Crippen molar-refractivity contribution in [2.24, 2.45) is 40.9 Å². The van der Waals surface area contributed by atoms with Crippen LogP contribution in [0.5, 0.6) is 0 Å². The largest absolute Gasteiger partial charge is 0.462 e. The van der Waals surface area contributed by atoms with E-state index < -0.39 is 0 Å². The van der Waals surface area contributed by atoms with Crippen LogP contribution in [0.15, 0.2) is 22.8 Å². The summed E-state index contributed by atoms with van der Waals surface area (Å²) in [7, 11) is 0. The number of carbonyl (C=O) groups excluding carboxylic acids is 1. The third kappa shape index (κ3) is 4.47. The van der Waals surface area contributed by atoms with Gasteiger partial charge in [0.05, 0.1) is 6.67 Å². The van der Waals surface area contributed by atoms with Crippen LogP contribution in [0.2, 0.25) is 0 Å². The molecule has 2 nitrogen and oxygen atoms in total. The molecule has 0 aliphatic heterocycles. The molecule has 1 saturated carbocycles. The van der Waals surface area contributed by atoms with Crippen LogP contribution in [0.25, 0.3) is 0 Å². The molecule has 4 aliphatic rings. The lowest BCUT2D eigenvalue weighted by molar-refractivity contribution is -0.147. The van der Waals surface area contributed by atoms with E-state index in [1.165, 1.54) is 51.0 Å². The summed E-state index contributed by atoms with van der Waals surface area (Å²) in [6.45, 7) is 10.9. The molecule has 1 unspecified atom stereocenters. The second kappa shape index (κ2) is 9.63. The van der Waals surface area contributed by atoms with Crippen molar-refractivity contribution in [3.05, 3.63) is 22.8 Å². The first-order valence-electron chi connectivity index (χ1n) is 13.4. The van der Waals surface area contributed by atoms with Crippen molar-refractivity contribution in [3.8, 4) is 0 Å². The van der Waals surface area contributed by atoms with Gasteiger partial charge in [-0.1, -0.05) is 63.3 Å². The Morgan fingerprint density at radius 3 is 2.69 bits per heavy atom. The van der Waals surface area contributed by atoms with Gasteiger partial charge in [0.1, 0.15) is 6.10 Å². The molecular weight excluding hydrogens is 399 g/mol. The van der Waals surface area contributed by atoms with Crippen LogP contribution < -0.4 is 0 Å². The first-order chi connectivity index (χ1) is 15.2. The highest BCUT2D eigenvalue weighted by Gasteiger charge is 2.54. The van der Waals surface area contributed by atoms with Crippen molar-refractivity contribution in [2.45, 2.75) is 105 Å². The number of hydrogen-bond donors (Lipinski definition) is 0. The van der Waals surface area contributed by atoms with Gasteiger partial charge in [0, 0.05) is 19.3 Å². The number of hydrogen-bond acceptors (Lipinski definition) is 2. The molecule has 1 fully saturated rings. The molecule has 0 aromatic rings. The molecule has 0 spiro atoms. The summed E-state index contributed by atoms with van der Waals surface area (Å²) in [5.41, 5.74) is 4.92. The Balaban J connectivity index is 1.50. The maximum absolute atomic E-state index is 14.3. The molecule has 0 amide bonds. The SMILES string of the molecule is CC(=O)O[C@H]1CCC2=C(C1)C(CF)C[C@@H]1[C@@H]2CC[C@]2(C)C([C@H](C)CCCC(C)C)=CC[C@@H]12. The van der Waals surface area contributed by atoms with E-state index in [0.717, 1.165) is 31.6 Å². The highest BCUT2D eigenvalue weighted by atomic mass is 19.1. The van der Waals surface area contributed by atoms with E-state index in [4.69, 9.17) is 4.74 Å². The van der Waals surface area contributed by atoms with Gasteiger partial charge in [-0.15, -0.1) is 0 Å². The third-order valence-corrected chi connectivity index (χ3v) is 9.64. The third-order valence-electron chi connectivity index (χ3n) is 9.64. The van der Waals surface area contributed by atoms with E-state index in [0.29, 0.717) is 29.1 Å². The van der Waals surface area contributed by atoms with Gasteiger partial charge in [-0.05, 0) is 80.0 Å². The molecule has 4 aliphatic carbocycles. The second-order valence-corrected chi connectivity index (χ2v) is 12.1. The van der Waals surface area contributed by atoms with E-state index in [-0.39, 0.29) is 24.7 Å². The predicted octanol–water partition coefficient (Wildman–Crippen LogP) is 7.83. The van der Waals surface area contributed by atoms with Gasteiger partial charge in [-0.3, -0.25) is 9.18 Å². The van der Waals surface area contributed by atoms with Gasteiger partial charge in [-0.2, -0.15) is 0 Å². The summed E-state index contributed by atoms with van der Waals surface area (Å²) < 4.78 is 19.8. The monoisotopic (exact) mass is 444 g/mol. The molecule has 0 aromatic carbocycles. The Morgan fingerprint density at radius 2 is 2.00 bits per heavy atom. The van der Waals surface area contributed by atoms with Crippen LogP contribution in [0.3, 0.4) is 0 Å². The molecule has 180 valence electrons. The van der Waals surface area contributed by atoms with Crippen LogP contribution in [0.4, 0.5) is 4.39 Å². The van der Waals surface area contributed by atoms with Gasteiger partial charge in [0.25, 0.3) is 0 Å². The van der Waals surface area contributed by atoms with E-state index in [1.807, 2.05) is 0 Å². The van der Waals surface area contributed by atoms with Crippen LogP contribution in [0.1, 0.15) is 98.8 Å². The number of alkyl halides is 1. The van der Waals surface area contributed by atoms with Crippen LogP contribution >= 0.6 is 0 Å². The minimum absolute atomic E-state index is 0.0412. The Labute approximate surface area is 195 Å². The molecule has 4 rings (SSSR count). The summed E-state index contributed by atoms with van der Waals surface area (Å²) >= 11 is 0. The summed E-state index contributed by atoms with van der Waals surface area (Å²) in [6, 6.07) is 0. The zero-order valence-electron chi connectivity index (χ0n) is 21.1. The van der Waals surface area contributed by atoms with Crippen molar-refractivity contribution in [3.63, 3.8) is 0 Å². The Morgan fingerprint density at radius 1 is 1.22 bits per heavy atom. The molecule has 32 heavy (non-hydrogen) atoms. The molecule has 3 heteroatoms. The quantitative estimate of drug-likeness (QED) is 0.295. The lowest BCUT2D eigenvalue weighted by Gasteiger charge is -2.54. The van der Waals surface area contributed by atoms with Crippen LogP contribution in [-0.4, -0.2) is 18.7 Å². The van der Waals surface area contributed by atoms with Gasteiger partial charge in [-0.25, -0.2) is 0 Å². The van der Waals surface area contributed by atoms with E-state index in [2.05, 4.69) is 33.8 Å². The minimum Gasteiger partial charge on any atom is -0.462 e. The Bertz CT molecular complexity index is 765. The molecule has 0 heterocycles. The molecule has 0 radical (unpaired) electrons. The van der Waals surface area contributed by atoms with E-state index in [1.54, 1.807) is 11.1 Å². The molecule has 0 aromatic heterocycles. The van der Waals surface area contributed by atoms with Crippen molar-refractivity contribution in [2.75, 3.05) is 6.67 Å². The number of carbonyl (C=O) groups is 1. The smallest absolute Gasteiger partial charge is 0.302 e. The lowest BCUT2D eigenvalue weighted by atomic mass is 9.51. The number of halogens is 1. The topological polar surface area (TPSA) is 26.3 Å². The molecular formula is C29H45FO2. The highest BCUT2D eigenvalue weighted by Crippen LogP contribution is 2.63. The van der Waals surface area contributed by atoms with Crippen molar-refractivity contribution in [1.29, 1.82) is 0 Å². The van der Waals surface area contributed by atoms with Gasteiger partial charge in [0.2, 0.25) is 0 Å². The molecule has 0 saturated heterocycles. The fraction of sp³-hybridized carbons (Fsp3) is 0.828. The Kier molecular flexibility index (Phi) is 7.23. The Hall–Kier alpha value is -1.12. The van der Waals surface area contributed by atoms with E-state index >= 15 is 0 Å². The number of fused-ring (bicyclic) bond motifs is 4. The van der Waals surface area contributed by atoms with Gasteiger partial charge >= 0.3 is 5.97 Å². The van der Waals surface area contributed by atoms with Crippen LogP contribution in [0, 0.1) is 40.9 Å². The first kappa shape index (κ1) is 24.0. The summed E-state index contributed by atoms with van der Waals surface area (Å²) in [6.07, 6.45) is 13.9. The number of rotatable bonds is 7. The maximum Gasteiger partial charge on any atom is 0.302 e. The first-order valence-corrected chi connectivity index (χ1v) is 13.4. The number of ether oxygens (including phenoxy) is 1. The van der Waals surface area contributed by atoms with Crippen molar-refractivity contribution < 1.29 is 13.9 Å². The summed E-state index contributed by atoms with van der Waals surface area (Å²) in [4.78, 5) is 11.5. The molecule has 7 atom stereocenters. The number of allylic oxidation sites excluding steroid dienone is 3.